The van der Waals surface area contributed by atoms with E-state index in [1.54, 1.807) is 0 Å². The van der Waals surface area contributed by atoms with Crippen LogP contribution in [0.4, 0.5) is 0 Å². The van der Waals surface area contributed by atoms with Crippen LogP contribution in [0.1, 0.15) is 13.8 Å². The fourth-order valence-electron chi connectivity index (χ4n) is 0.450. The molecular formula is C7H17NOS. The molecule has 0 aromatic heterocycles. The Morgan fingerprint density at radius 1 is 1.50 bits per heavy atom. The minimum Gasteiger partial charge on any atom is -0.307 e. The van der Waals surface area contributed by atoms with Crippen LogP contribution in [0.3, 0.4) is 0 Å². The lowest BCUT2D eigenvalue weighted by molar-refractivity contribution is -0.110. The van der Waals surface area contributed by atoms with Crippen LogP contribution in [0, 0.1) is 0 Å². The van der Waals surface area contributed by atoms with Crippen molar-refractivity contribution in [2.45, 2.75) is 19.9 Å². The molecule has 0 heterocycles. The van der Waals surface area contributed by atoms with E-state index in [4.69, 9.17) is 0 Å². The van der Waals surface area contributed by atoms with Crippen LogP contribution in [-0.2, 0) is 4.79 Å². The number of hydrogen-bond donors (Lipinski definition) is 2. The number of nitrogens with one attached hydrogen (secondary N) is 1. The topological polar surface area (TPSA) is 29.1 Å². The summed E-state index contributed by atoms with van der Waals surface area (Å²) in [5.74, 6) is 0. The minimum atomic E-state index is -0.394. The van der Waals surface area contributed by atoms with Gasteiger partial charge in [-0.3, -0.25) is 4.79 Å². The first-order valence-electron chi connectivity index (χ1n) is 3.47. The Labute approximate surface area is 65.7 Å². The summed E-state index contributed by atoms with van der Waals surface area (Å²) in [6.07, 6.45) is 3.97. The van der Waals surface area contributed by atoms with Crippen molar-refractivity contribution in [1.29, 1.82) is 0 Å². The number of hydrogen-bond acceptors (Lipinski definition) is 2. The molecule has 3 heteroatoms. The Morgan fingerprint density at radius 2 is 2.00 bits per heavy atom. The van der Waals surface area contributed by atoms with Gasteiger partial charge in [-0.1, -0.05) is 13.8 Å². The van der Waals surface area contributed by atoms with Crippen molar-refractivity contribution in [3.8, 4) is 0 Å². The zero-order chi connectivity index (χ0) is 8.15. The highest BCUT2D eigenvalue weighted by atomic mass is 32.2. The minimum absolute atomic E-state index is 0.351. The van der Waals surface area contributed by atoms with Gasteiger partial charge in [0.1, 0.15) is 0 Å². The highest BCUT2D eigenvalue weighted by molar-refractivity contribution is 8.28. The molecule has 0 saturated carbocycles. The quantitative estimate of drug-likeness (QED) is 0.602. The molecule has 10 heavy (non-hydrogen) atoms. The smallest absolute Gasteiger partial charge is 0.182 e. The second kappa shape index (κ2) is 4.74. The van der Waals surface area contributed by atoms with Crippen molar-refractivity contribution in [1.82, 2.24) is 5.32 Å². The van der Waals surface area contributed by atoms with Crippen molar-refractivity contribution in [3.63, 3.8) is 0 Å². The van der Waals surface area contributed by atoms with Gasteiger partial charge in [0.25, 0.3) is 0 Å². The summed E-state index contributed by atoms with van der Waals surface area (Å²) in [6, 6.07) is 0.416. The first-order chi connectivity index (χ1) is 4.54. The molecule has 0 unspecified atom stereocenters. The fraction of sp³-hybridized carbons (Fsp3) is 0.857. The van der Waals surface area contributed by atoms with E-state index in [9.17, 15) is 4.79 Å². The highest BCUT2D eigenvalue weighted by Crippen LogP contribution is 2.12. The molecule has 0 atom stereocenters. The maximum atomic E-state index is 11.0. The lowest BCUT2D eigenvalue weighted by Crippen LogP contribution is -2.28. The molecule has 62 valence electrons. The third-order valence-electron chi connectivity index (χ3n) is 1.16. The van der Waals surface area contributed by atoms with E-state index in [1.165, 1.54) is 0 Å². The molecule has 0 aliphatic heterocycles. The van der Waals surface area contributed by atoms with E-state index in [1.807, 2.05) is 26.4 Å². The predicted molar refractivity (Wildman–Crippen MR) is 49.0 cm³/mol. The predicted octanol–water partition coefficient (Wildman–Crippen LogP) is 0.772. The average Bonchev–Trinajstić information content (AvgIpc) is 1.82. The molecule has 0 fully saturated rings. The van der Waals surface area contributed by atoms with Gasteiger partial charge >= 0.3 is 0 Å². The lowest BCUT2D eigenvalue weighted by atomic mass is 10.4. The third-order valence-corrected chi connectivity index (χ3v) is 2.32. The molecular weight excluding hydrogens is 146 g/mol. The molecule has 0 amide bonds. The van der Waals surface area contributed by atoms with Crippen LogP contribution in [0.5, 0.6) is 0 Å². The van der Waals surface area contributed by atoms with Crippen LogP contribution in [-0.4, -0.2) is 30.2 Å². The first kappa shape index (κ1) is 9.98. The number of carbonyl (C=O) groups excluding carboxylic acids is 1. The Kier molecular flexibility index (Phi) is 4.73. The summed E-state index contributed by atoms with van der Waals surface area (Å²) < 4.78 is 0. The summed E-state index contributed by atoms with van der Waals surface area (Å²) >= 11 is 0. The zero-order valence-corrected chi connectivity index (χ0v) is 8.03. The van der Waals surface area contributed by atoms with Gasteiger partial charge in [-0.2, -0.15) is 10.9 Å². The Hall–Kier alpha value is -0.0200. The van der Waals surface area contributed by atoms with Crippen LogP contribution in [0.15, 0.2) is 0 Å². The van der Waals surface area contributed by atoms with Gasteiger partial charge in [0.15, 0.2) is 5.12 Å². The number of rotatable bonds is 3. The monoisotopic (exact) mass is 163 g/mol. The Balaban J connectivity index is 3.40. The molecule has 0 aliphatic carbocycles. The molecule has 1 N–H and O–H groups in total. The highest BCUT2D eigenvalue weighted by Gasteiger charge is 2.02. The van der Waals surface area contributed by atoms with Gasteiger partial charge in [-0.15, -0.1) is 0 Å². The third kappa shape index (κ3) is 4.82. The van der Waals surface area contributed by atoms with Crippen LogP contribution < -0.4 is 5.32 Å². The Morgan fingerprint density at radius 3 is 2.30 bits per heavy atom. The summed E-state index contributed by atoms with van der Waals surface area (Å²) in [5.41, 5.74) is 0. The van der Waals surface area contributed by atoms with Crippen molar-refractivity contribution < 1.29 is 4.79 Å². The van der Waals surface area contributed by atoms with Crippen LogP contribution in [0.25, 0.3) is 0 Å². The lowest BCUT2D eigenvalue weighted by Gasteiger charge is -2.10. The van der Waals surface area contributed by atoms with Crippen LogP contribution in [0.2, 0.25) is 0 Å². The van der Waals surface area contributed by atoms with Gasteiger partial charge in [0.2, 0.25) is 0 Å². The fourth-order valence-corrected chi connectivity index (χ4v) is 0.857. The summed E-state index contributed by atoms with van der Waals surface area (Å²) in [4.78, 5) is 11.0. The summed E-state index contributed by atoms with van der Waals surface area (Å²) in [7, 11) is -0.394. The second-order valence-electron chi connectivity index (χ2n) is 2.82. The van der Waals surface area contributed by atoms with Gasteiger partial charge < -0.3 is 5.32 Å². The average molecular weight is 163 g/mol. The van der Waals surface area contributed by atoms with Crippen molar-refractivity contribution >= 4 is 16.0 Å². The van der Waals surface area contributed by atoms with E-state index >= 15 is 0 Å². The standard InChI is InChI=1S/C7H17NOS/c1-6(2)8-5-7(9)10(3)4/h6,8,10H,5H2,1-4H3. The van der Waals surface area contributed by atoms with Crippen molar-refractivity contribution in [3.05, 3.63) is 0 Å². The molecule has 0 bridgehead atoms. The summed E-state index contributed by atoms with van der Waals surface area (Å²) in [6.45, 7) is 4.62. The molecule has 0 aromatic carbocycles. The van der Waals surface area contributed by atoms with Gasteiger partial charge in [-0.25, -0.2) is 0 Å². The normalized spacial score (nSPS) is 11.9. The molecule has 0 saturated heterocycles. The Bertz CT molecular complexity index is 112. The molecule has 2 nitrogen and oxygen atoms in total. The van der Waals surface area contributed by atoms with Gasteiger partial charge in [0, 0.05) is 6.04 Å². The largest absolute Gasteiger partial charge is 0.307 e. The maximum Gasteiger partial charge on any atom is 0.182 e. The number of carbonyl (C=O) groups is 1. The number of thiol groups is 1. The van der Waals surface area contributed by atoms with Gasteiger partial charge in [-0.05, 0) is 12.5 Å². The second-order valence-corrected chi connectivity index (χ2v) is 5.11. The van der Waals surface area contributed by atoms with E-state index in [0.717, 1.165) is 0 Å². The van der Waals surface area contributed by atoms with E-state index in [2.05, 4.69) is 5.32 Å². The zero-order valence-electron chi connectivity index (χ0n) is 7.14. The maximum absolute atomic E-state index is 11.0. The SMILES string of the molecule is CC(C)NCC(=O)[SH](C)C. The molecule has 0 radical (unpaired) electrons. The van der Waals surface area contributed by atoms with E-state index in [-0.39, 0.29) is 0 Å². The summed E-state index contributed by atoms with van der Waals surface area (Å²) in [5, 5.41) is 3.44. The molecule has 0 aliphatic rings. The van der Waals surface area contributed by atoms with Gasteiger partial charge in [0.05, 0.1) is 6.54 Å². The van der Waals surface area contributed by atoms with Crippen molar-refractivity contribution in [2.75, 3.05) is 19.1 Å². The van der Waals surface area contributed by atoms with E-state index in [0.29, 0.717) is 17.7 Å². The molecule has 0 spiro atoms. The van der Waals surface area contributed by atoms with Crippen LogP contribution >= 0.6 is 10.9 Å². The van der Waals surface area contributed by atoms with Crippen molar-refractivity contribution in [2.24, 2.45) is 0 Å². The van der Waals surface area contributed by atoms with E-state index < -0.39 is 10.9 Å². The molecule has 0 rings (SSSR count). The first-order valence-corrected chi connectivity index (χ1v) is 5.71. The molecule has 0 aromatic rings.